The molecule has 1 saturated heterocycles. The Morgan fingerprint density at radius 3 is 2.73 bits per heavy atom. The minimum Gasteiger partial charge on any atom is -0.872 e. The molecule has 2 aromatic carbocycles. The fraction of sp³-hybridized carbons (Fsp3) is 0.348. The number of allylic oxidation sites excluding steroid dienone is 1. The predicted molar refractivity (Wildman–Crippen MR) is 108 cm³/mol. The Balaban J connectivity index is 1.40. The van der Waals surface area contributed by atoms with E-state index in [0.717, 1.165) is 38.3 Å². The van der Waals surface area contributed by atoms with E-state index in [1.54, 1.807) is 12.1 Å². The van der Waals surface area contributed by atoms with Crippen LogP contribution in [0.5, 0.6) is 23.0 Å². The van der Waals surface area contributed by atoms with E-state index in [1.165, 1.54) is 11.0 Å². The maximum Gasteiger partial charge on any atom is 0.231 e. The molecule has 0 aromatic heterocycles. The fourth-order valence-electron chi connectivity index (χ4n) is 4.22. The van der Waals surface area contributed by atoms with Gasteiger partial charge < -0.3 is 24.2 Å². The molecular weight excluding hydrogens is 384 g/mol. The number of ketones is 1. The number of hydrogen-bond donors (Lipinski definition) is 1. The zero-order chi connectivity index (χ0) is 20.7. The second-order valence-corrected chi connectivity index (χ2v) is 7.83. The van der Waals surface area contributed by atoms with Crippen molar-refractivity contribution in [3.05, 3.63) is 52.8 Å². The van der Waals surface area contributed by atoms with Crippen molar-refractivity contribution < 1.29 is 29.0 Å². The molecule has 3 heterocycles. The molecule has 0 saturated carbocycles. The number of nitrogens with one attached hydrogen (secondary N) is 1. The van der Waals surface area contributed by atoms with Crippen LogP contribution in [0.3, 0.4) is 0 Å². The van der Waals surface area contributed by atoms with E-state index in [1.807, 2.05) is 18.2 Å². The summed E-state index contributed by atoms with van der Waals surface area (Å²) < 4.78 is 16.7. The average molecular weight is 408 g/mol. The van der Waals surface area contributed by atoms with Crippen LogP contribution in [0.1, 0.15) is 28.4 Å². The molecule has 0 aliphatic carbocycles. The van der Waals surface area contributed by atoms with Crippen LogP contribution < -0.4 is 24.2 Å². The summed E-state index contributed by atoms with van der Waals surface area (Å²) in [5, 5.41) is 12.6. The van der Waals surface area contributed by atoms with Crippen molar-refractivity contribution in [1.82, 2.24) is 4.90 Å². The first-order chi connectivity index (χ1) is 14.6. The average Bonchev–Trinajstić information content (AvgIpc) is 3.35. The molecule has 30 heavy (non-hydrogen) atoms. The topological polar surface area (TPSA) is 75.5 Å². The first-order valence-electron chi connectivity index (χ1n) is 10.3. The van der Waals surface area contributed by atoms with Gasteiger partial charge >= 0.3 is 0 Å². The predicted octanol–water partition coefficient (Wildman–Crippen LogP) is 0.826. The van der Waals surface area contributed by atoms with Crippen molar-refractivity contribution in [1.29, 1.82) is 0 Å². The summed E-state index contributed by atoms with van der Waals surface area (Å²) in [6.07, 6.45) is 1.69. The molecule has 5 rings (SSSR count). The number of carbonyl (C=O) groups is 1. The molecule has 7 heteroatoms. The van der Waals surface area contributed by atoms with Crippen LogP contribution in [0.4, 0.5) is 0 Å². The van der Waals surface area contributed by atoms with E-state index < -0.39 is 0 Å². The molecule has 2 aromatic rings. The summed E-state index contributed by atoms with van der Waals surface area (Å²) >= 11 is 0. The highest BCUT2D eigenvalue weighted by Gasteiger charge is 2.31. The third kappa shape index (κ3) is 3.40. The van der Waals surface area contributed by atoms with Gasteiger partial charge in [0.15, 0.2) is 17.3 Å². The summed E-state index contributed by atoms with van der Waals surface area (Å²) in [7, 11) is 0. The van der Waals surface area contributed by atoms with E-state index in [9.17, 15) is 9.90 Å². The molecule has 0 radical (unpaired) electrons. The number of rotatable bonds is 4. The Hall–Kier alpha value is -3.03. The lowest BCUT2D eigenvalue weighted by Gasteiger charge is -2.32. The standard InChI is InChI=1S/C23H24N2O5/c1-2-24-7-9-25(10-8-24)13-17-18(26)5-4-16-22(27)21(30-23(16)17)12-15-3-6-19-20(11-15)29-14-28-19/h3-6,11-12,26H,2,7-10,13-14H2,1H3. The molecule has 0 unspecified atom stereocenters. The van der Waals surface area contributed by atoms with Gasteiger partial charge in [0, 0.05) is 18.7 Å². The fourth-order valence-corrected chi connectivity index (χ4v) is 4.22. The SMILES string of the molecule is CCN1CC[NH+](Cc2c([O-])ccc3c2OC(=Cc2ccc4c(c2)OCO4)C3=O)CC1. The Labute approximate surface area is 175 Å². The Morgan fingerprint density at radius 1 is 1.13 bits per heavy atom. The molecule has 7 nitrogen and oxygen atoms in total. The molecule has 0 atom stereocenters. The highest BCUT2D eigenvalue weighted by Crippen LogP contribution is 2.39. The number of quaternary nitrogens is 1. The highest BCUT2D eigenvalue weighted by atomic mass is 16.7. The van der Waals surface area contributed by atoms with Crippen LogP contribution in [0.25, 0.3) is 6.08 Å². The number of benzene rings is 2. The van der Waals surface area contributed by atoms with E-state index in [2.05, 4.69) is 11.8 Å². The second-order valence-electron chi connectivity index (χ2n) is 7.83. The largest absolute Gasteiger partial charge is 0.872 e. The monoisotopic (exact) mass is 408 g/mol. The molecule has 0 amide bonds. The molecule has 1 fully saturated rings. The number of carbonyl (C=O) groups excluding carboxylic acids is 1. The minimum atomic E-state index is -0.199. The van der Waals surface area contributed by atoms with Gasteiger partial charge in [0.2, 0.25) is 12.6 Å². The lowest BCUT2D eigenvalue weighted by Crippen LogP contribution is -3.13. The van der Waals surface area contributed by atoms with E-state index in [0.29, 0.717) is 34.9 Å². The van der Waals surface area contributed by atoms with Gasteiger partial charge in [-0.15, -0.1) is 0 Å². The molecular formula is C23H24N2O5. The van der Waals surface area contributed by atoms with Crippen molar-refractivity contribution in [3.63, 3.8) is 0 Å². The van der Waals surface area contributed by atoms with Gasteiger partial charge in [-0.25, -0.2) is 0 Å². The molecule has 3 aliphatic heterocycles. The van der Waals surface area contributed by atoms with Crippen molar-refractivity contribution >= 4 is 11.9 Å². The molecule has 3 aliphatic rings. The normalized spacial score (nSPS) is 19.9. The number of likely N-dealkylation sites (N-methyl/N-ethyl adjacent to an activating group) is 1. The number of piperazine rings is 1. The Bertz CT molecular complexity index is 1020. The maximum absolute atomic E-state index is 12.9. The van der Waals surface area contributed by atoms with Crippen LogP contribution in [0, 0.1) is 0 Å². The third-order valence-corrected chi connectivity index (χ3v) is 6.03. The zero-order valence-electron chi connectivity index (χ0n) is 16.9. The van der Waals surface area contributed by atoms with Gasteiger partial charge in [-0.1, -0.05) is 24.8 Å². The number of ether oxygens (including phenoxy) is 3. The number of hydrogen-bond acceptors (Lipinski definition) is 6. The first kappa shape index (κ1) is 19.0. The van der Waals surface area contributed by atoms with Gasteiger partial charge in [-0.2, -0.15) is 0 Å². The quantitative estimate of drug-likeness (QED) is 0.756. The Morgan fingerprint density at radius 2 is 1.93 bits per heavy atom. The smallest absolute Gasteiger partial charge is 0.231 e. The van der Waals surface area contributed by atoms with Crippen LogP contribution in [0.2, 0.25) is 0 Å². The molecule has 0 spiro atoms. The highest BCUT2D eigenvalue weighted by molar-refractivity contribution is 6.15. The second kappa shape index (κ2) is 7.66. The molecule has 156 valence electrons. The van der Waals surface area contributed by atoms with Gasteiger partial charge in [-0.05, 0) is 36.4 Å². The number of Topliss-reactive ketones (excluding diaryl/α,β-unsaturated/α-hetero) is 1. The lowest BCUT2D eigenvalue weighted by molar-refractivity contribution is -0.918. The van der Waals surface area contributed by atoms with Crippen molar-refractivity contribution in [3.8, 4) is 23.0 Å². The van der Waals surface area contributed by atoms with Crippen LogP contribution in [0.15, 0.2) is 36.1 Å². The zero-order valence-corrected chi connectivity index (χ0v) is 16.9. The number of fused-ring (bicyclic) bond motifs is 2. The number of nitrogens with zero attached hydrogens (tertiary/aromatic N) is 1. The summed E-state index contributed by atoms with van der Waals surface area (Å²) in [6.45, 7) is 7.97. The van der Waals surface area contributed by atoms with Crippen molar-refractivity contribution in [2.75, 3.05) is 39.5 Å². The third-order valence-electron chi connectivity index (χ3n) is 6.03. The van der Waals surface area contributed by atoms with E-state index >= 15 is 0 Å². The first-order valence-corrected chi connectivity index (χ1v) is 10.3. The maximum atomic E-state index is 12.9. The van der Waals surface area contributed by atoms with Crippen LogP contribution in [-0.4, -0.2) is 50.2 Å². The summed E-state index contributed by atoms with van der Waals surface area (Å²) in [5.74, 6) is 1.70. The van der Waals surface area contributed by atoms with Crippen molar-refractivity contribution in [2.24, 2.45) is 0 Å². The summed E-state index contributed by atoms with van der Waals surface area (Å²) in [4.78, 5) is 16.7. The summed E-state index contributed by atoms with van der Waals surface area (Å²) in [6, 6.07) is 8.53. The lowest BCUT2D eigenvalue weighted by atomic mass is 10.0. The van der Waals surface area contributed by atoms with E-state index in [-0.39, 0.29) is 24.1 Å². The molecule has 1 N–H and O–H groups in total. The Kier molecular flexibility index (Phi) is 4.84. The van der Waals surface area contributed by atoms with Crippen LogP contribution >= 0.6 is 0 Å². The van der Waals surface area contributed by atoms with Gasteiger partial charge in [0.05, 0.1) is 18.7 Å². The van der Waals surface area contributed by atoms with Gasteiger partial charge in [-0.3, -0.25) is 9.69 Å². The van der Waals surface area contributed by atoms with Gasteiger partial charge in [0.25, 0.3) is 0 Å². The van der Waals surface area contributed by atoms with E-state index in [4.69, 9.17) is 14.2 Å². The minimum absolute atomic E-state index is 0.0729. The molecule has 0 bridgehead atoms. The van der Waals surface area contributed by atoms with Crippen molar-refractivity contribution in [2.45, 2.75) is 13.5 Å². The van der Waals surface area contributed by atoms with Crippen LogP contribution in [-0.2, 0) is 6.54 Å². The summed E-state index contributed by atoms with van der Waals surface area (Å²) in [5.41, 5.74) is 1.83. The van der Waals surface area contributed by atoms with Gasteiger partial charge in [0.1, 0.15) is 12.3 Å².